The third-order valence-electron chi connectivity index (χ3n) is 1.95. The maximum absolute atomic E-state index is 9.33. The minimum atomic E-state index is -0.0475. The maximum Gasteiger partial charge on any atom is 0.0869 e. The molecule has 2 aromatic rings. The fourth-order valence-corrected chi connectivity index (χ4v) is 1.36. The summed E-state index contributed by atoms with van der Waals surface area (Å²) in [7, 11) is 0. The number of nitrogens with zero attached hydrogens (tertiary/aromatic N) is 1. The van der Waals surface area contributed by atoms with E-state index < -0.39 is 0 Å². The van der Waals surface area contributed by atoms with Crippen molar-refractivity contribution < 1.29 is 10.3 Å². The number of hydrogen-bond donors (Lipinski definition) is 2. The smallest absolute Gasteiger partial charge is 0.0869 e. The van der Waals surface area contributed by atoms with Crippen LogP contribution in [0.2, 0.25) is 0 Å². The van der Waals surface area contributed by atoms with Gasteiger partial charge in [0.15, 0.2) is 0 Å². The third-order valence-corrected chi connectivity index (χ3v) is 1.95. The Labute approximate surface area is 69.4 Å². The summed E-state index contributed by atoms with van der Waals surface area (Å²) in [4.78, 5) is 0. The molecule has 0 fully saturated rings. The number of fused-ring (bicyclic) bond motifs is 1. The van der Waals surface area contributed by atoms with E-state index in [1.54, 1.807) is 6.07 Å². The topological polar surface area (TPSA) is 45.4 Å². The molecule has 0 saturated heterocycles. The van der Waals surface area contributed by atoms with Crippen LogP contribution < -0.4 is 0 Å². The van der Waals surface area contributed by atoms with E-state index in [9.17, 15) is 5.21 Å². The van der Waals surface area contributed by atoms with Crippen molar-refractivity contribution in [3.05, 3.63) is 36.0 Å². The Morgan fingerprint density at radius 3 is 2.75 bits per heavy atom. The summed E-state index contributed by atoms with van der Waals surface area (Å²) in [5.41, 5.74) is 1.47. The van der Waals surface area contributed by atoms with Gasteiger partial charge in [0, 0.05) is 10.9 Å². The van der Waals surface area contributed by atoms with Gasteiger partial charge in [0.1, 0.15) is 0 Å². The SMILES string of the molecule is OCc1cn(O)c2ccccc12. The van der Waals surface area contributed by atoms with Crippen LogP contribution in [-0.4, -0.2) is 15.0 Å². The zero-order valence-electron chi connectivity index (χ0n) is 6.44. The molecule has 1 aromatic carbocycles. The van der Waals surface area contributed by atoms with Gasteiger partial charge < -0.3 is 10.3 Å². The molecule has 0 saturated carbocycles. The molecule has 12 heavy (non-hydrogen) atoms. The zero-order chi connectivity index (χ0) is 8.55. The van der Waals surface area contributed by atoms with Gasteiger partial charge in [0.05, 0.1) is 18.3 Å². The highest BCUT2D eigenvalue weighted by Gasteiger charge is 2.04. The van der Waals surface area contributed by atoms with Crippen LogP contribution in [0, 0.1) is 0 Å². The molecule has 0 aliphatic heterocycles. The summed E-state index contributed by atoms with van der Waals surface area (Å²) >= 11 is 0. The first-order chi connectivity index (χ1) is 5.83. The van der Waals surface area contributed by atoms with Crippen molar-refractivity contribution in [1.82, 2.24) is 4.73 Å². The monoisotopic (exact) mass is 163 g/mol. The molecule has 0 bridgehead atoms. The second-order valence-electron chi connectivity index (χ2n) is 2.67. The molecule has 1 heterocycles. The van der Waals surface area contributed by atoms with Crippen LogP contribution in [0.3, 0.4) is 0 Å². The van der Waals surface area contributed by atoms with E-state index in [2.05, 4.69) is 0 Å². The summed E-state index contributed by atoms with van der Waals surface area (Å²) in [6, 6.07) is 7.39. The highest BCUT2D eigenvalue weighted by molar-refractivity contribution is 5.83. The number of rotatable bonds is 1. The van der Waals surface area contributed by atoms with E-state index in [1.165, 1.54) is 6.20 Å². The molecule has 0 amide bonds. The molecule has 2 N–H and O–H groups in total. The van der Waals surface area contributed by atoms with E-state index in [4.69, 9.17) is 5.11 Å². The standard InChI is InChI=1S/C9H9NO2/c11-6-7-5-10(12)9-4-2-1-3-8(7)9/h1-5,11-12H,6H2. The largest absolute Gasteiger partial charge is 0.428 e. The van der Waals surface area contributed by atoms with E-state index in [-0.39, 0.29) is 6.61 Å². The first kappa shape index (κ1) is 7.18. The van der Waals surface area contributed by atoms with Gasteiger partial charge in [-0.25, -0.2) is 0 Å². The lowest BCUT2D eigenvalue weighted by Gasteiger charge is -1.92. The Morgan fingerprint density at radius 1 is 1.25 bits per heavy atom. The average Bonchev–Trinajstić information content (AvgIpc) is 2.44. The van der Waals surface area contributed by atoms with Crippen LogP contribution in [0.4, 0.5) is 0 Å². The van der Waals surface area contributed by atoms with Gasteiger partial charge in [-0.15, -0.1) is 0 Å². The number of benzene rings is 1. The second-order valence-corrected chi connectivity index (χ2v) is 2.67. The van der Waals surface area contributed by atoms with Crippen LogP contribution in [0.5, 0.6) is 0 Å². The zero-order valence-corrected chi connectivity index (χ0v) is 6.44. The van der Waals surface area contributed by atoms with E-state index in [0.29, 0.717) is 0 Å². The van der Waals surface area contributed by atoms with Crippen molar-refractivity contribution in [1.29, 1.82) is 0 Å². The van der Waals surface area contributed by atoms with Crippen molar-refractivity contribution in [2.45, 2.75) is 6.61 Å². The van der Waals surface area contributed by atoms with Crippen molar-refractivity contribution in [2.75, 3.05) is 0 Å². The molecule has 1 aromatic heterocycles. The third kappa shape index (κ3) is 0.871. The number of aromatic nitrogens is 1. The predicted octanol–water partition coefficient (Wildman–Crippen LogP) is 1.37. The summed E-state index contributed by atoms with van der Waals surface area (Å²) in [5.74, 6) is 0. The normalized spacial score (nSPS) is 10.8. The average molecular weight is 163 g/mol. The molecule has 0 aliphatic rings. The van der Waals surface area contributed by atoms with E-state index in [0.717, 1.165) is 21.2 Å². The molecule has 3 nitrogen and oxygen atoms in total. The van der Waals surface area contributed by atoms with Crippen molar-refractivity contribution in [3.8, 4) is 0 Å². The Kier molecular flexibility index (Phi) is 1.52. The lowest BCUT2D eigenvalue weighted by atomic mass is 10.2. The Balaban J connectivity index is 2.82. The van der Waals surface area contributed by atoms with Crippen LogP contribution in [0.25, 0.3) is 10.9 Å². The molecule has 0 radical (unpaired) electrons. The van der Waals surface area contributed by atoms with Crippen LogP contribution in [0.15, 0.2) is 30.5 Å². The number of para-hydroxylation sites is 1. The molecule has 0 spiro atoms. The van der Waals surface area contributed by atoms with Gasteiger partial charge in [-0.1, -0.05) is 18.2 Å². The summed E-state index contributed by atoms with van der Waals surface area (Å²) in [6.07, 6.45) is 1.52. The van der Waals surface area contributed by atoms with Gasteiger partial charge in [-0.3, -0.25) is 0 Å². The van der Waals surface area contributed by atoms with Gasteiger partial charge in [0.2, 0.25) is 0 Å². The first-order valence-corrected chi connectivity index (χ1v) is 3.72. The van der Waals surface area contributed by atoms with E-state index >= 15 is 0 Å². The van der Waals surface area contributed by atoms with E-state index in [1.807, 2.05) is 18.2 Å². The minimum Gasteiger partial charge on any atom is -0.428 e. The van der Waals surface area contributed by atoms with Crippen molar-refractivity contribution in [2.24, 2.45) is 0 Å². The van der Waals surface area contributed by atoms with Crippen molar-refractivity contribution >= 4 is 10.9 Å². The molecule has 3 heteroatoms. The van der Waals surface area contributed by atoms with Gasteiger partial charge >= 0.3 is 0 Å². The first-order valence-electron chi connectivity index (χ1n) is 3.72. The Hall–Kier alpha value is -1.48. The highest BCUT2D eigenvalue weighted by Crippen LogP contribution is 2.19. The quantitative estimate of drug-likeness (QED) is 0.623. The van der Waals surface area contributed by atoms with Gasteiger partial charge in [-0.2, -0.15) is 4.73 Å². The van der Waals surface area contributed by atoms with Crippen LogP contribution in [0.1, 0.15) is 5.56 Å². The molecular formula is C9H9NO2. The second kappa shape index (κ2) is 2.53. The van der Waals surface area contributed by atoms with Crippen molar-refractivity contribution in [3.63, 3.8) is 0 Å². The fraction of sp³-hybridized carbons (Fsp3) is 0.111. The summed E-state index contributed by atoms with van der Waals surface area (Å²) in [5, 5.41) is 19.1. The minimum absolute atomic E-state index is 0.0475. The Morgan fingerprint density at radius 2 is 2.00 bits per heavy atom. The fourth-order valence-electron chi connectivity index (χ4n) is 1.36. The number of aliphatic hydroxyl groups excluding tert-OH is 1. The summed E-state index contributed by atoms with van der Waals surface area (Å²) in [6.45, 7) is -0.0475. The maximum atomic E-state index is 9.33. The van der Waals surface area contributed by atoms with Gasteiger partial charge in [0.25, 0.3) is 0 Å². The van der Waals surface area contributed by atoms with Crippen LogP contribution >= 0.6 is 0 Å². The van der Waals surface area contributed by atoms with Crippen LogP contribution in [-0.2, 0) is 6.61 Å². The van der Waals surface area contributed by atoms with Gasteiger partial charge in [-0.05, 0) is 6.07 Å². The molecule has 0 aliphatic carbocycles. The lowest BCUT2D eigenvalue weighted by Crippen LogP contribution is -1.84. The molecular weight excluding hydrogens is 154 g/mol. The number of hydrogen-bond acceptors (Lipinski definition) is 2. The predicted molar refractivity (Wildman–Crippen MR) is 45.0 cm³/mol. The molecule has 2 rings (SSSR count). The molecule has 62 valence electrons. The lowest BCUT2D eigenvalue weighted by molar-refractivity contribution is 0.197. The molecule has 0 atom stereocenters. The highest BCUT2D eigenvalue weighted by atomic mass is 16.5. The number of aliphatic hydroxyl groups is 1. The Bertz CT molecular complexity index is 406. The molecule has 0 unspecified atom stereocenters. The summed E-state index contributed by atoms with van der Waals surface area (Å²) < 4.78 is 1.03.